The molecule has 1 saturated heterocycles. The molecule has 2 aliphatic rings. The molecule has 0 aromatic carbocycles. The van der Waals surface area contributed by atoms with Gasteiger partial charge in [0, 0.05) is 26.1 Å². The molecule has 6 heteroatoms. The highest BCUT2D eigenvalue weighted by atomic mass is 35.5. The van der Waals surface area contributed by atoms with Crippen LogP contribution in [-0.2, 0) is 7.05 Å². The molecule has 0 unspecified atom stereocenters. The van der Waals surface area contributed by atoms with Crippen LogP contribution in [0.1, 0.15) is 54.1 Å². The molecule has 0 spiro atoms. The SMILES string of the molecule is CNCCC1CCN(C(=O)c2cnn(C)c2C2CC2)CC1.Cl. The van der Waals surface area contributed by atoms with Gasteiger partial charge in [0.2, 0.25) is 0 Å². The summed E-state index contributed by atoms with van der Waals surface area (Å²) < 4.78 is 1.89. The zero-order valence-electron chi connectivity index (χ0n) is 13.5. The van der Waals surface area contributed by atoms with Gasteiger partial charge in [0.1, 0.15) is 0 Å². The first-order chi connectivity index (χ1) is 10.2. The second-order valence-corrected chi connectivity index (χ2v) is 6.47. The average Bonchev–Trinajstić information content (AvgIpc) is 3.27. The van der Waals surface area contributed by atoms with Crippen molar-refractivity contribution in [3.63, 3.8) is 0 Å². The van der Waals surface area contributed by atoms with Gasteiger partial charge in [-0.2, -0.15) is 5.10 Å². The summed E-state index contributed by atoms with van der Waals surface area (Å²) in [6, 6.07) is 0. The number of hydrogen-bond acceptors (Lipinski definition) is 3. The maximum atomic E-state index is 12.7. The van der Waals surface area contributed by atoms with E-state index >= 15 is 0 Å². The lowest BCUT2D eigenvalue weighted by Gasteiger charge is -2.32. The van der Waals surface area contributed by atoms with Crippen LogP contribution in [0, 0.1) is 5.92 Å². The number of carbonyl (C=O) groups excluding carboxylic acids is 1. The Bertz CT molecular complexity index is 504. The number of piperidine rings is 1. The summed E-state index contributed by atoms with van der Waals surface area (Å²) >= 11 is 0. The van der Waals surface area contributed by atoms with Gasteiger partial charge >= 0.3 is 0 Å². The first-order valence-corrected chi connectivity index (χ1v) is 8.16. The number of aromatic nitrogens is 2. The molecule has 1 amide bonds. The lowest BCUT2D eigenvalue weighted by Crippen LogP contribution is -2.39. The zero-order chi connectivity index (χ0) is 14.8. The molecular weight excluding hydrogens is 300 g/mol. The van der Waals surface area contributed by atoms with Gasteiger partial charge in [0.15, 0.2) is 0 Å². The van der Waals surface area contributed by atoms with E-state index in [1.807, 2.05) is 23.7 Å². The van der Waals surface area contributed by atoms with E-state index in [-0.39, 0.29) is 18.3 Å². The molecule has 3 rings (SSSR count). The predicted octanol–water partition coefficient (Wildman–Crippen LogP) is 2.18. The van der Waals surface area contributed by atoms with E-state index in [2.05, 4.69) is 10.4 Å². The minimum absolute atomic E-state index is 0. The normalized spacial score (nSPS) is 19.1. The van der Waals surface area contributed by atoms with E-state index in [9.17, 15) is 4.79 Å². The van der Waals surface area contributed by atoms with Gasteiger partial charge in [0.25, 0.3) is 5.91 Å². The van der Waals surface area contributed by atoms with E-state index in [4.69, 9.17) is 0 Å². The van der Waals surface area contributed by atoms with Gasteiger partial charge < -0.3 is 10.2 Å². The Labute approximate surface area is 138 Å². The molecule has 2 heterocycles. The Morgan fingerprint density at radius 1 is 1.32 bits per heavy atom. The van der Waals surface area contributed by atoms with Crippen LogP contribution >= 0.6 is 12.4 Å². The fourth-order valence-corrected chi connectivity index (χ4v) is 3.40. The topological polar surface area (TPSA) is 50.2 Å². The smallest absolute Gasteiger partial charge is 0.257 e. The summed E-state index contributed by atoms with van der Waals surface area (Å²) in [5.41, 5.74) is 1.99. The van der Waals surface area contributed by atoms with Gasteiger partial charge in [-0.25, -0.2) is 0 Å². The Kier molecular flexibility index (Phi) is 5.87. The van der Waals surface area contributed by atoms with Crippen molar-refractivity contribution < 1.29 is 4.79 Å². The second kappa shape index (κ2) is 7.47. The van der Waals surface area contributed by atoms with E-state index in [1.165, 1.54) is 19.3 Å². The molecule has 5 nitrogen and oxygen atoms in total. The van der Waals surface area contributed by atoms with Crippen molar-refractivity contribution in [3.8, 4) is 0 Å². The van der Waals surface area contributed by atoms with E-state index in [1.54, 1.807) is 6.20 Å². The van der Waals surface area contributed by atoms with E-state index < -0.39 is 0 Å². The highest BCUT2D eigenvalue weighted by Crippen LogP contribution is 2.41. The molecule has 124 valence electrons. The first kappa shape index (κ1) is 17.3. The van der Waals surface area contributed by atoms with Gasteiger partial charge in [-0.15, -0.1) is 12.4 Å². The number of likely N-dealkylation sites (tertiary alicyclic amines) is 1. The number of rotatable bonds is 5. The maximum absolute atomic E-state index is 12.7. The number of hydrogen-bond donors (Lipinski definition) is 1. The van der Waals surface area contributed by atoms with Gasteiger partial charge in [-0.05, 0) is 51.6 Å². The largest absolute Gasteiger partial charge is 0.339 e. The van der Waals surface area contributed by atoms with Crippen LogP contribution in [0.2, 0.25) is 0 Å². The molecule has 22 heavy (non-hydrogen) atoms. The second-order valence-electron chi connectivity index (χ2n) is 6.47. The number of nitrogens with one attached hydrogen (secondary N) is 1. The van der Waals surface area contributed by atoms with Crippen molar-refractivity contribution in [3.05, 3.63) is 17.5 Å². The van der Waals surface area contributed by atoms with Crippen LogP contribution in [0.5, 0.6) is 0 Å². The average molecular weight is 327 g/mol. The molecule has 0 radical (unpaired) electrons. The minimum Gasteiger partial charge on any atom is -0.339 e. The molecule has 1 aliphatic heterocycles. The number of nitrogens with zero attached hydrogens (tertiary/aromatic N) is 3. The van der Waals surface area contributed by atoms with Crippen LogP contribution in [0.25, 0.3) is 0 Å². The summed E-state index contributed by atoms with van der Waals surface area (Å²) in [6.45, 7) is 2.87. The third-order valence-electron chi connectivity index (χ3n) is 4.88. The third kappa shape index (κ3) is 3.63. The van der Waals surface area contributed by atoms with E-state index in [0.717, 1.165) is 49.7 Å². The summed E-state index contributed by atoms with van der Waals surface area (Å²) in [4.78, 5) is 14.8. The summed E-state index contributed by atoms with van der Waals surface area (Å²) in [6.07, 6.45) is 7.65. The summed E-state index contributed by atoms with van der Waals surface area (Å²) in [5, 5.41) is 7.52. The number of aryl methyl sites for hydroxylation is 1. The molecule has 1 aromatic rings. The number of carbonyl (C=O) groups is 1. The molecule has 1 aliphatic carbocycles. The zero-order valence-corrected chi connectivity index (χ0v) is 14.4. The number of amides is 1. The lowest BCUT2D eigenvalue weighted by atomic mass is 9.93. The summed E-state index contributed by atoms with van der Waals surface area (Å²) in [7, 11) is 3.95. The van der Waals surface area contributed by atoms with Crippen molar-refractivity contribution in [2.24, 2.45) is 13.0 Å². The molecule has 2 fully saturated rings. The minimum atomic E-state index is 0. The highest BCUT2D eigenvalue weighted by molar-refractivity contribution is 5.95. The van der Waals surface area contributed by atoms with Gasteiger partial charge in [-0.3, -0.25) is 9.48 Å². The van der Waals surface area contributed by atoms with Crippen LogP contribution in [0.15, 0.2) is 6.20 Å². The standard InChI is InChI=1S/C16H26N4O.ClH/c1-17-8-5-12-6-9-20(10-7-12)16(21)14-11-18-19(2)15(14)13-3-4-13;/h11-13,17H,3-10H2,1-2H3;1H. The Morgan fingerprint density at radius 2 is 2.00 bits per heavy atom. The van der Waals surface area contributed by atoms with Crippen molar-refractivity contribution in [1.82, 2.24) is 20.0 Å². The Balaban J connectivity index is 0.00000176. The van der Waals surface area contributed by atoms with Crippen LogP contribution in [0.3, 0.4) is 0 Å². The number of halogens is 1. The van der Waals surface area contributed by atoms with Gasteiger partial charge in [0.05, 0.1) is 17.5 Å². The Morgan fingerprint density at radius 3 is 2.59 bits per heavy atom. The molecule has 0 bridgehead atoms. The lowest BCUT2D eigenvalue weighted by molar-refractivity contribution is 0.0686. The van der Waals surface area contributed by atoms with Crippen molar-refractivity contribution in [1.29, 1.82) is 0 Å². The summed E-state index contributed by atoms with van der Waals surface area (Å²) in [5.74, 6) is 1.51. The van der Waals surface area contributed by atoms with Crippen LogP contribution in [0.4, 0.5) is 0 Å². The third-order valence-corrected chi connectivity index (χ3v) is 4.88. The van der Waals surface area contributed by atoms with E-state index in [0.29, 0.717) is 5.92 Å². The quantitative estimate of drug-likeness (QED) is 0.902. The van der Waals surface area contributed by atoms with Crippen LogP contribution in [-0.4, -0.2) is 47.3 Å². The van der Waals surface area contributed by atoms with Crippen molar-refractivity contribution in [2.45, 2.75) is 38.0 Å². The molecular formula is C16H27ClN4O. The molecule has 1 saturated carbocycles. The fourth-order valence-electron chi connectivity index (χ4n) is 3.40. The molecule has 1 N–H and O–H groups in total. The molecule has 1 aromatic heterocycles. The van der Waals surface area contributed by atoms with Gasteiger partial charge in [-0.1, -0.05) is 0 Å². The Hall–Kier alpha value is -1.07. The monoisotopic (exact) mass is 326 g/mol. The fraction of sp³-hybridized carbons (Fsp3) is 0.750. The van der Waals surface area contributed by atoms with Crippen molar-refractivity contribution >= 4 is 18.3 Å². The highest BCUT2D eigenvalue weighted by Gasteiger charge is 2.33. The van der Waals surface area contributed by atoms with Crippen molar-refractivity contribution in [2.75, 3.05) is 26.7 Å². The predicted molar refractivity (Wildman–Crippen MR) is 89.6 cm³/mol. The maximum Gasteiger partial charge on any atom is 0.257 e. The first-order valence-electron chi connectivity index (χ1n) is 8.16. The molecule has 0 atom stereocenters. The van der Waals surface area contributed by atoms with Crippen LogP contribution < -0.4 is 5.32 Å².